The molecule has 0 aromatic carbocycles. The number of oxime groups is 2. The number of aliphatic imine (C=N–C) groups is 2. The molecule has 0 spiro atoms. The van der Waals surface area contributed by atoms with Crippen LogP contribution in [0, 0.1) is 0 Å². The third-order valence-electron chi connectivity index (χ3n) is 3.20. The number of hydrogen-bond donors (Lipinski definition) is 6. The Morgan fingerprint density at radius 2 is 0.929 bits per heavy atom. The average Bonchev–Trinajstić information content (AvgIpc) is 2.66. The van der Waals surface area contributed by atoms with Gasteiger partial charge in [-0.05, 0) is 27.7 Å². The smallest absolute Gasteiger partial charge is 0.411 e. The van der Waals surface area contributed by atoms with Gasteiger partial charge in [0.2, 0.25) is 0 Å². The molecule has 0 aromatic heterocycles. The molecule has 12 heteroatoms. The molecule has 6 N–H and O–H groups in total. The Hall–Kier alpha value is -0.841. The molecule has 0 aliphatic heterocycles. The Labute approximate surface area is 188 Å². The third kappa shape index (κ3) is 23.2. The molecule has 0 bridgehead atoms. The van der Waals surface area contributed by atoms with Crippen LogP contribution < -0.4 is 10.6 Å². The third-order valence-corrected chi connectivity index (χ3v) is 3.20. The second-order valence-electron chi connectivity index (χ2n) is 5.25. The summed E-state index contributed by atoms with van der Waals surface area (Å²) in [5, 5.41) is 45.7. The second kappa shape index (κ2) is 26.2. The van der Waals surface area contributed by atoms with E-state index in [1.165, 1.54) is 0 Å². The van der Waals surface area contributed by atoms with Crippen molar-refractivity contribution in [2.45, 2.75) is 27.7 Å². The summed E-state index contributed by atoms with van der Waals surface area (Å²) in [7, 11) is 0. The molecule has 0 heterocycles. The van der Waals surface area contributed by atoms with Gasteiger partial charge in [-0.2, -0.15) is 0 Å². The number of rotatable bonds is 12. The van der Waals surface area contributed by atoms with E-state index in [2.05, 4.69) is 30.9 Å². The fourth-order valence-electron chi connectivity index (χ4n) is 1.39. The van der Waals surface area contributed by atoms with Gasteiger partial charge < -0.3 is 31.3 Å². The molecule has 0 aliphatic carbocycles. The summed E-state index contributed by atoms with van der Waals surface area (Å²) in [5.41, 5.74) is 2.52. The molecule has 0 unspecified atom stereocenters. The summed E-state index contributed by atoms with van der Waals surface area (Å²) in [6.07, 6.45) is 0. The molecule has 28 heavy (non-hydrogen) atoms. The van der Waals surface area contributed by atoms with Gasteiger partial charge in [0.05, 0.1) is 49.2 Å². The number of nitrogens with zero attached hydrogens (tertiary/aromatic N) is 4. The van der Waals surface area contributed by atoms with Crippen LogP contribution in [0.4, 0.5) is 0 Å². The van der Waals surface area contributed by atoms with Crippen molar-refractivity contribution >= 4 is 22.8 Å². The molecular formula is C16H34Cu2N6O4+4. The maximum Gasteiger partial charge on any atom is 2.00 e. The van der Waals surface area contributed by atoms with Crippen LogP contribution in [0.25, 0.3) is 0 Å². The quantitative estimate of drug-likeness (QED) is 0.0713. The predicted molar refractivity (Wildman–Crippen MR) is 106 cm³/mol. The van der Waals surface area contributed by atoms with Crippen molar-refractivity contribution in [3.63, 3.8) is 0 Å². The van der Waals surface area contributed by atoms with E-state index in [1.54, 1.807) is 27.7 Å². The molecule has 0 amide bonds. The minimum atomic E-state index is 0. The summed E-state index contributed by atoms with van der Waals surface area (Å²) >= 11 is 0. The zero-order valence-corrected chi connectivity index (χ0v) is 18.7. The van der Waals surface area contributed by atoms with Gasteiger partial charge >= 0.3 is 34.1 Å². The van der Waals surface area contributed by atoms with Crippen LogP contribution in [-0.4, -0.2) is 96.0 Å². The van der Waals surface area contributed by atoms with E-state index < -0.39 is 0 Å². The van der Waals surface area contributed by atoms with Crippen molar-refractivity contribution in [2.75, 3.05) is 52.5 Å². The largest absolute Gasteiger partial charge is 2.00 e. The zero-order chi connectivity index (χ0) is 20.2. The summed E-state index contributed by atoms with van der Waals surface area (Å²) in [6, 6.07) is 0. The molecular weight excluding hydrogens is 467 g/mol. The van der Waals surface area contributed by atoms with E-state index in [9.17, 15) is 0 Å². The normalized spacial score (nSPS) is 12.5. The predicted octanol–water partition coefficient (Wildman–Crippen LogP) is -0.246. The molecule has 0 rings (SSSR count). The van der Waals surface area contributed by atoms with Gasteiger partial charge in [-0.1, -0.05) is 10.3 Å². The van der Waals surface area contributed by atoms with Gasteiger partial charge in [-0.3, -0.25) is 9.98 Å². The summed E-state index contributed by atoms with van der Waals surface area (Å²) in [4.78, 5) is 8.30. The molecule has 0 atom stereocenters. The standard InChI is InChI=1S/2C8H17N3O2.2Cu/c2*1-7(8(2)11-13)10-4-3-9-5-6-12;;/h2*9,12-13H,3-6H2,1-2H3;;/q;;2*+2/b2*10-7?,11-8+;;. The van der Waals surface area contributed by atoms with Crippen molar-refractivity contribution in [3.05, 3.63) is 0 Å². The molecule has 0 aliphatic rings. The van der Waals surface area contributed by atoms with E-state index in [-0.39, 0.29) is 47.4 Å². The Kier molecular flexibility index (Phi) is 32.4. The first kappa shape index (κ1) is 34.7. The van der Waals surface area contributed by atoms with Crippen LogP contribution in [0.15, 0.2) is 20.3 Å². The molecule has 0 aromatic rings. The van der Waals surface area contributed by atoms with Crippen LogP contribution in [0.2, 0.25) is 0 Å². The first-order chi connectivity index (χ1) is 12.4. The molecule has 170 valence electrons. The minimum absolute atomic E-state index is 0. The van der Waals surface area contributed by atoms with E-state index in [4.69, 9.17) is 20.6 Å². The molecule has 0 saturated heterocycles. The number of aliphatic hydroxyl groups excluding tert-OH is 2. The van der Waals surface area contributed by atoms with Crippen LogP contribution in [0.5, 0.6) is 0 Å². The molecule has 0 saturated carbocycles. The first-order valence-corrected chi connectivity index (χ1v) is 8.47. The van der Waals surface area contributed by atoms with Crippen molar-refractivity contribution in [3.8, 4) is 0 Å². The van der Waals surface area contributed by atoms with Crippen LogP contribution in [-0.2, 0) is 34.1 Å². The van der Waals surface area contributed by atoms with Gasteiger partial charge in [-0.15, -0.1) is 0 Å². The number of aliphatic hydroxyl groups is 2. The van der Waals surface area contributed by atoms with Gasteiger partial charge in [0, 0.05) is 26.2 Å². The number of nitrogens with one attached hydrogen (secondary N) is 2. The summed E-state index contributed by atoms with van der Waals surface area (Å²) in [6.45, 7) is 11.1. The maximum atomic E-state index is 8.45. The van der Waals surface area contributed by atoms with E-state index in [0.29, 0.717) is 37.6 Å². The summed E-state index contributed by atoms with van der Waals surface area (Å²) < 4.78 is 0. The van der Waals surface area contributed by atoms with Crippen molar-refractivity contribution in [2.24, 2.45) is 20.3 Å². The molecule has 10 nitrogen and oxygen atoms in total. The van der Waals surface area contributed by atoms with Gasteiger partial charge in [0.25, 0.3) is 0 Å². The van der Waals surface area contributed by atoms with E-state index in [0.717, 1.165) is 24.5 Å². The summed E-state index contributed by atoms with van der Waals surface area (Å²) in [5.74, 6) is 0. The van der Waals surface area contributed by atoms with Gasteiger partial charge in [0.15, 0.2) is 0 Å². The Bertz CT molecular complexity index is 432. The monoisotopic (exact) mass is 500 g/mol. The van der Waals surface area contributed by atoms with Crippen molar-refractivity contribution in [1.82, 2.24) is 10.6 Å². The second-order valence-corrected chi connectivity index (χ2v) is 5.25. The topological polar surface area (TPSA) is 154 Å². The Morgan fingerprint density at radius 3 is 1.18 bits per heavy atom. The Balaban J connectivity index is -0.000000192. The molecule has 0 fully saturated rings. The van der Waals surface area contributed by atoms with E-state index in [1.807, 2.05) is 0 Å². The maximum absolute atomic E-state index is 8.45. The first-order valence-electron chi connectivity index (χ1n) is 8.47. The minimum Gasteiger partial charge on any atom is -0.411 e. The van der Waals surface area contributed by atoms with Crippen molar-refractivity contribution < 1.29 is 54.8 Å². The zero-order valence-electron chi connectivity index (χ0n) is 16.8. The average molecular weight is 502 g/mol. The number of hydrogen-bond acceptors (Lipinski definition) is 10. The van der Waals surface area contributed by atoms with Crippen LogP contribution in [0.1, 0.15) is 27.7 Å². The Morgan fingerprint density at radius 1 is 0.607 bits per heavy atom. The SMILES string of the molecule is CC(=NCCNCCO)/C(C)=N/O.CC(=NCCNCCO)/C(C)=N/O.[Cu+2].[Cu+2]. The van der Waals surface area contributed by atoms with Crippen molar-refractivity contribution in [1.29, 1.82) is 0 Å². The van der Waals surface area contributed by atoms with Crippen LogP contribution >= 0.6 is 0 Å². The van der Waals surface area contributed by atoms with Gasteiger partial charge in [0.1, 0.15) is 0 Å². The fraction of sp³-hybridized carbons (Fsp3) is 0.750. The van der Waals surface area contributed by atoms with E-state index >= 15 is 0 Å². The fourth-order valence-corrected chi connectivity index (χ4v) is 1.39. The van der Waals surface area contributed by atoms with Gasteiger partial charge in [-0.25, -0.2) is 0 Å². The molecule has 2 radical (unpaired) electrons. The van der Waals surface area contributed by atoms with Crippen LogP contribution in [0.3, 0.4) is 0 Å².